The van der Waals surface area contributed by atoms with Gasteiger partial charge < -0.3 is 8.98 Å². The van der Waals surface area contributed by atoms with Gasteiger partial charge in [-0.3, -0.25) is 4.99 Å². The van der Waals surface area contributed by atoms with Crippen LogP contribution in [0.15, 0.2) is 203 Å². The Balaban J connectivity index is 1.16. The predicted molar refractivity (Wildman–Crippen MR) is 254 cm³/mol. The van der Waals surface area contributed by atoms with E-state index in [0.717, 1.165) is 80.3 Å². The summed E-state index contributed by atoms with van der Waals surface area (Å²) in [5, 5.41) is 12.0. The topological polar surface area (TPSA) is 30.4 Å². The number of aromatic nitrogens is 1. The van der Waals surface area contributed by atoms with Crippen LogP contribution >= 0.6 is 0 Å². The Labute approximate surface area is 347 Å². The Morgan fingerprint density at radius 2 is 1.17 bits per heavy atom. The molecule has 0 unspecified atom stereocenters. The van der Waals surface area contributed by atoms with Crippen LogP contribution in [0.5, 0.6) is 0 Å². The Hall–Kier alpha value is -7.49. The van der Waals surface area contributed by atoms with E-state index in [2.05, 4.69) is 200 Å². The second kappa shape index (κ2) is 13.8. The zero-order valence-corrected chi connectivity index (χ0v) is 33.3. The van der Waals surface area contributed by atoms with Crippen LogP contribution in [0.4, 0.5) is 0 Å². The van der Waals surface area contributed by atoms with Crippen LogP contribution in [0.3, 0.4) is 0 Å². The van der Waals surface area contributed by atoms with Gasteiger partial charge in [0.05, 0.1) is 27.8 Å². The second-order valence-electron chi connectivity index (χ2n) is 16.0. The molecule has 1 aliphatic heterocycles. The molecule has 0 saturated heterocycles. The molecule has 284 valence electrons. The van der Waals surface area contributed by atoms with Crippen molar-refractivity contribution >= 4 is 93.0 Å². The smallest absolute Gasteiger partial charge is 0.138 e. The first-order chi connectivity index (χ1) is 29.7. The average Bonchev–Trinajstić information content (AvgIpc) is 3.81. The van der Waals surface area contributed by atoms with Crippen molar-refractivity contribution in [3.63, 3.8) is 0 Å². The third-order valence-corrected chi connectivity index (χ3v) is 12.6. The normalized spacial score (nSPS) is 13.8. The van der Waals surface area contributed by atoms with Crippen molar-refractivity contribution in [1.29, 1.82) is 0 Å². The summed E-state index contributed by atoms with van der Waals surface area (Å²) >= 11 is 0. The molecule has 0 spiro atoms. The molecule has 0 amide bonds. The van der Waals surface area contributed by atoms with Crippen molar-refractivity contribution in [3.8, 4) is 5.69 Å². The first-order valence-corrected chi connectivity index (χ1v) is 21.1. The molecule has 0 N–H and O–H groups in total. The lowest BCUT2D eigenvalue weighted by Crippen LogP contribution is -2.07. The van der Waals surface area contributed by atoms with Crippen molar-refractivity contribution in [1.82, 2.24) is 4.57 Å². The summed E-state index contributed by atoms with van der Waals surface area (Å²) in [6.07, 6.45) is 4.92. The molecule has 0 bridgehead atoms. The Morgan fingerprint density at radius 3 is 1.95 bits per heavy atom. The van der Waals surface area contributed by atoms with E-state index >= 15 is 0 Å². The van der Waals surface area contributed by atoms with E-state index in [-0.39, 0.29) is 0 Å². The second-order valence-corrected chi connectivity index (χ2v) is 16.0. The van der Waals surface area contributed by atoms with Crippen molar-refractivity contribution < 1.29 is 4.42 Å². The molecule has 11 aromatic rings. The average molecular weight is 769 g/mol. The van der Waals surface area contributed by atoms with E-state index in [9.17, 15) is 0 Å². The standard InChI is InChI=1S/C57H40N2O/c1-2-43-45(46-26-14-23-36-16-10-11-24-44(36)46)27-15-28-50(58-57(43)37-17-4-3-5-18-37)42-33-53(56-49-31-39-20-7-9-22-41(39)34-54(49)60-55(56)35-42)59-51-29-13-12-25-47(51)48-30-38-19-6-8-21-40(38)32-52(48)59/h3-14,16-27,29-35H,2,15,28H2,1H3. The first-order valence-electron chi connectivity index (χ1n) is 21.1. The number of benzene rings is 9. The number of nitrogens with zero attached hydrogens (tertiary/aromatic N) is 2. The van der Waals surface area contributed by atoms with Crippen molar-refractivity contribution in [3.05, 3.63) is 210 Å². The lowest BCUT2D eigenvalue weighted by Gasteiger charge is -2.21. The first kappa shape index (κ1) is 34.5. The SMILES string of the molecule is CCC1=C(c2ccccc2)N=C(c2cc(-n3c4ccccc4c4cc5ccccc5cc43)c3c(c2)oc2cc4ccccc4cc23)CCC=C1c1cccc2ccccc12. The van der Waals surface area contributed by atoms with Crippen LogP contribution in [-0.4, -0.2) is 10.3 Å². The molecule has 9 aromatic carbocycles. The quantitative estimate of drug-likeness (QED) is 0.171. The van der Waals surface area contributed by atoms with Gasteiger partial charge in [-0.15, -0.1) is 0 Å². The van der Waals surface area contributed by atoms with Gasteiger partial charge in [-0.25, -0.2) is 0 Å². The molecule has 12 rings (SSSR count). The van der Waals surface area contributed by atoms with Gasteiger partial charge in [-0.2, -0.15) is 0 Å². The Bertz CT molecular complexity index is 3630. The molecule has 0 radical (unpaired) electrons. The maximum absolute atomic E-state index is 6.96. The minimum atomic E-state index is 0.772. The molecule has 1 aliphatic rings. The largest absolute Gasteiger partial charge is 0.456 e. The molecular weight excluding hydrogens is 729 g/mol. The fourth-order valence-corrected chi connectivity index (χ4v) is 9.82. The summed E-state index contributed by atoms with van der Waals surface area (Å²) in [5.74, 6) is 0. The lowest BCUT2D eigenvalue weighted by atomic mass is 9.87. The van der Waals surface area contributed by atoms with Gasteiger partial charge in [0.1, 0.15) is 11.2 Å². The zero-order valence-electron chi connectivity index (χ0n) is 33.3. The maximum atomic E-state index is 6.96. The van der Waals surface area contributed by atoms with Crippen LogP contribution in [-0.2, 0) is 0 Å². The van der Waals surface area contributed by atoms with Crippen molar-refractivity contribution in [2.24, 2.45) is 4.99 Å². The van der Waals surface area contributed by atoms with Gasteiger partial charge in [0, 0.05) is 33.0 Å². The summed E-state index contributed by atoms with van der Waals surface area (Å²) < 4.78 is 9.43. The number of para-hydroxylation sites is 1. The summed E-state index contributed by atoms with van der Waals surface area (Å²) in [6, 6.07) is 66.1. The number of hydrogen-bond donors (Lipinski definition) is 0. The van der Waals surface area contributed by atoms with E-state index < -0.39 is 0 Å². The van der Waals surface area contributed by atoms with E-state index in [1.807, 2.05) is 0 Å². The fourth-order valence-electron chi connectivity index (χ4n) is 9.82. The van der Waals surface area contributed by atoms with E-state index in [1.165, 1.54) is 59.9 Å². The predicted octanol–water partition coefficient (Wildman–Crippen LogP) is 15.6. The minimum absolute atomic E-state index is 0.772. The number of aliphatic imine (C=N–C) groups is 1. The van der Waals surface area contributed by atoms with Crippen LogP contribution in [0.1, 0.15) is 42.9 Å². The highest BCUT2D eigenvalue weighted by Crippen LogP contribution is 2.43. The van der Waals surface area contributed by atoms with Gasteiger partial charge in [0.25, 0.3) is 0 Å². The molecule has 0 saturated carbocycles. The Kier molecular flexibility index (Phi) is 7.96. The molecule has 0 aliphatic carbocycles. The number of fused-ring (bicyclic) bond motifs is 9. The number of rotatable bonds is 5. The van der Waals surface area contributed by atoms with Gasteiger partial charge in [0.15, 0.2) is 0 Å². The van der Waals surface area contributed by atoms with E-state index in [4.69, 9.17) is 9.41 Å². The number of allylic oxidation sites excluding steroid dienone is 3. The van der Waals surface area contributed by atoms with Gasteiger partial charge in [-0.1, -0.05) is 153 Å². The third-order valence-electron chi connectivity index (χ3n) is 12.6. The van der Waals surface area contributed by atoms with Gasteiger partial charge in [0.2, 0.25) is 0 Å². The molecule has 2 aromatic heterocycles. The Morgan fingerprint density at radius 1 is 0.517 bits per heavy atom. The molecule has 0 fully saturated rings. The lowest BCUT2D eigenvalue weighted by molar-refractivity contribution is 0.669. The van der Waals surface area contributed by atoms with E-state index in [1.54, 1.807) is 0 Å². The van der Waals surface area contributed by atoms with Gasteiger partial charge >= 0.3 is 0 Å². The van der Waals surface area contributed by atoms with E-state index in [0.29, 0.717) is 0 Å². The highest BCUT2D eigenvalue weighted by molar-refractivity contribution is 6.20. The van der Waals surface area contributed by atoms with Crippen LogP contribution in [0, 0.1) is 0 Å². The van der Waals surface area contributed by atoms with Crippen LogP contribution in [0.2, 0.25) is 0 Å². The highest BCUT2D eigenvalue weighted by Gasteiger charge is 2.24. The molecule has 60 heavy (non-hydrogen) atoms. The molecule has 3 heterocycles. The fraction of sp³-hybridized carbons (Fsp3) is 0.0702. The van der Waals surface area contributed by atoms with Crippen molar-refractivity contribution in [2.45, 2.75) is 26.2 Å². The summed E-state index contributed by atoms with van der Waals surface area (Å²) in [6.45, 7) is 2.27. The highest BCUT2D eigenvalue weighted by atomic mass is 16.3. The molecular formula is C57H40N2O. The molecule has 0 atom stereocenters. The van der Waals surface area contributed by atoms with Gasteiger partial charge in [-0.05, 0) is 111 Å². The monoisotopic (exact) mass is 768 g/mol. The molecule has 3 heteroatoms. The van der Waals surface area contributed by atoms with Crippen LogP contribution in [0.25, 0.3) is 93.0 Å². The third kappa shape index (κ3) is 5.47. The van der Waals surface area contributed by atoms with Crippen LogP contribution < -0.4 is 0 Å². The maximum Gasteiger partial charge on any atom is 0.138 e. The summed E-state index contributed by atoms with van der Waals surface area (Å²) in [5.41, 5.74) is 13.2. The summed E-state index contributed by atoms with van der Waals surface area (Å²) in [4.78, 5) is 5.78. The number of hydrogen-bond acceptors (Lipinski definition) is 2. The molecule has 3 nitrogen and oxygen atoms in total. The summed E-state index contributed by atoms with van der Waals surface area (Å²) in [7, 11) is 0. The minimum Gasteiger partial charge on any atom is -0.456 e. The number of furan rings is 1. The zero-order chi connectivity index (χ0) is 39.7. The van der Waals surface area contributed by atoms with Crippen molar-refractivity contribution in [2.75, 3.05) is 0 Å².